The van der Waals surface area contributed by atoms with Crippen LogP contribution in [0.1, 0.15) is 24.0 Å². The van der Waals surface area contributed by atoms with Crippen LogP contribution in [0.2, 0.25) is 0 Å². The number of aliphatic imine (C=N–C) groups is 1. The zero-order chi connectivity index (χ0) is 17.0. The SMILES string of the molecule is CN=C(NCCc1cnn(C)c1)NCC1(c2ccccc2F)CC1. The highest BCUT2D eigenvalue weighted by Gasteiger charge is 2.45. The summed E-state index contributed by atoms with van der Waals surface area (Å²) in [7, 11) is 3.66. The number of rotatable bonds is 6. The molecule has 6 heteroatoms. The van der Waals surface area contributed by atoms with Crippen LogP contribution in [0.5, 0.6) is 0 Å². The van der Waals surface area contributed by atoms with Crippen molar-refractivity contribution in [3.05, 3.63) is 53.6 Å². The van der Waals surface area contributed by atoms with Crippen molar-refractivity contribution in [1.29, 1.82) is 0 Å². The summed E-state index contributed by atoms with van der Waals surface area (Å²) in [4.78, 5) is 4.25. The molecule has 0 atom stereocenters. The van der Waals surface area contributed by atoms with Crippen LogP contribution >= 0.6 is 0 Å². The second kappa shape index (κ2) is 7.03. The van der Waals surface area contributed by atoms with Crippen molar-refractivity contribution in [1.82, 2.24) is 20.4 Å². The molecule has 0 radical (unpaired) electrons. The van der Waals surface area contributed by atoms with Gasteiger partial charge in [0.1, 0.15) is 5.82 Å². The Hall–Kier alpha value is -2.37. The maximum absolute atomic E-state index is 14.0. The van der Waals surface area contributed by atoms with E-state index in [9.17, 15) is 4.39 Å². The van der Waals surface area contributed by atoms with Gasteiger partial charge in [-0.05, 0) is 36.5 Å². The Morgan fingerprint density at radius 1 is 1.33 bits per heavy atom. The van der Waals surface area contributed by atoms with Gasteiger partial charge in [0.05, 0.1) is 6.20 Å². The first-order chi connectivity index (χ1) is 11.6. The van der Waals surface area contributed by atoms with E-state index in [-0.39, 0.29) is 11.2 Å². The lowest BCUT2D eigenvalue weighted by molar-refractivity contribution is 0.559. The van der Waals surface area contributed by atoms with Crippen LogP contribution in [-0.4, -0.2) is 35.9 Å². The second-order valence-corrected chi connectivity index (χ2v) is 6.38. The molecule has 0 amide bonds. The molecule has 1 saturated carbocycles. The molecule has 0 bridgehead atoms. The van der Waals surface area contributed by atoms with Gasteiger partial charge in [0.25, 0.3) is 0 Å². The molecule has 128 valence electrons. The first-order valence-corrected chi connectivity index (χ1v) is 8.30. The first-order valence-electron chi connectivity index (χ1n) is 8.30. The van der Waals surface area contributed by atoms with Gasteiger partial charge in [-0.15, -0.1) is 0 Å². The molecule has 1 aliphatic carbocycles. The van der Waals surface area contributed by atoms with E-state index in [4.69, 9.17) is 0 Å². The number of halogens is 1. The normalized spacial score (nSPS) is 16.0. The van der Waals surface area contributed by atoms with E-state index in [1.165, 1.54) is 11.6 Å². The third-order valence-corrected chi connectivity index (χ3v) is 4.58. The number of guanidine groups is 1. The highest BCUT2D eigenvalue weighted by molar-refractivity contribution is 5.79. The van der Waals surface area contributed by atoms with Crippen LogP contribution in [-0.2, 0) is 18.9 Å². The Bertz CT molecular complexity index is 718. The topological polar surface area (TPSA) is 54.2 Å². The van der Waals surface area contributed by atoms with Gasteiger partial charge in [-0.3, -0.25) is 9.67 Å². The van der Waals surface area contributed by atoms with Crippen molar-refractivity contribution in [2.75, 3.05) is 20.1 Å². The third kappa shape index (κ3) is 3.75. The molecule has 1 aromatic heterocycles. The van der Waals surface area contributed by atoms with E-state index in [0.717, 1.165) is 37.3 Å². The smallest absolute Gasteiger partial charge is 0.191 e. The molecule has 5 nitrogen and oxygen atoms in total. The fraction of sp³-hybridized carbons (Fsp3) is 0.444. The maximum atomic E-state index is 14.0. The molecule has 2 aromatic rings. The average Bonchev–Trinajstić information content (AvgIpc) is 3.26. The molecule has 3 rings (SSSR count). The standard InChI is InChI=1S/C18H24FN5/c1-20-17(21-10-7-14-11-23-24(2)12-14)22-13-18(8-9-18)15-5-3-4-6-16(15)19/h3-6,11-12H,7-10,13H2,1-2H3,(H2,20,21,22). The summed E-state index contributed by atoms with van der Waals surface area (Å²) >= 11 is 0. The van der Waals surface area contributed by atoms with Crippen molar-refractivity contribution in [3.8, 4) is 0 Å². The summed E-state index contributed by atoms with van der Waals surface area (Å²) in [6.45, 7) is 1.47. The molecule has 0 unspecified atom stereocenters. The first kappa shape index (κ1) is 16.5. The number of aryl methyl sites for hydroxylation is 1. The molecule has 1 fully saturated rings. The van der Waals surface area contributed by atoms with Gasteiger partial charge in [0, 0.05) is 38.8 Å². The minimum Gasteiger partial charge on any atom is -0.356 e. The Balaban J connectivity index is 1.50. The summed E-state index contributed by atoms with van der Waals surface area (Å²) in [6.07, 6.45) is 6.78. The van der Waals surface area contributed by atoms with E-state index in [0.29, 0.717) is 6.54 Å². The zero-order valence-electron chi connectivity index (χ0n) is 14.2. The Labute approximate surface area is 142 Å². The van der Waals surface area contributed by atoms with E-state index in [1.807, 2.05) is 31.6 Å². The molecule has 0 aliphatic heterocycles. The fourth-order valence-electron chi connectivity index (χ4n) is 2.98. The number of nitrogens with zero attached hydrogens (tertiary/aromatic N) is 3. The lowest BCUT2D eigenvalue weighted by Gasteiger charge is -2.19. The Morgan fingerprint density at radius 3 is 2.75 bits per heavy atom. The number of hydrogen-bond donors (Lipinski definition) is 2. The van der Waals surface area contributed by atoms with E-state index in [1.54, 1.807) is 17.8 Å². The molecule has 1 aromatic carbocycles. The average molecular weight is 329 g/mol. The van der Waals surface area contributed by atoms with Crippen molar-refractivity contribution < 1.29 is 4.39 Å². The molecular weight excluding hydrogens is 305 g/mol. The van der Waals surface area contributed by atoms with E-state index in [2.05, 4.69) is 20.7 Å². The molecule has 0 saturated heterocycles. The summed E-state index contributed by atoms with van der Waals surface area (Å²) in [5.41, 5.74) is 1.90. The van der Waals surface area contributed by atoms with Crippen molar-refractivity contribution in [2.45, 2.75) is 24.7 Å². The zero-order valence-corrected chi connectivity index (χ0v) is 14.2. The van der Waals surface area contributed by atoms with E-state index < -0.39 is 0 Å². The van der Waals surface area contributed by atoms with Crippen molar-refractivity contribution >= 4 is 5.96 Å². The highest BCUT2D eigenvalue weighted by atomic mass is 19.1. The molecule has 1 heterocycles. The summed E-state index contributed by atoms with van der Waals surface area (Å²) in [6, 6.07) is 7.07. The Morgan fingerprint density at radius 2 is 2.12 bits per heavy atom. The predicted octanol–water partition coefficient (Wildman–Crippen LogP) is 2.00. The summed E-state index contributed by atoms with van der Waals surface area (Å²) in [5.74, 6) is 0.637. The van der Waals surface area contributed by atoms with Gasteiger partial charge in [0.2, 0.25) is 0 Å². The van der Waals surface area contributed by atoms with Crippen molar-refractivity contribution in [3.63, 3.8) is 0 Å². The minimum absolute atomic E-state index is 0.0910. The maximum Gasteiger partial charge on any atom is 0.191 e. The van der Waals surface area contributed by atoms with Gasteiger partial charge in [-0.2, -0.15) is 5.10 Å². The van der Waals surface area contributed by atoms with Gasteiger partial charge in [0.15, 0.2) is 5.96 Å². The molecular formula is C18H24FN5. The number of benzene rings is 1. The van der Waals surface area contributed by atoms with Crippen LogP contribution in [0.15, 0.2) is 41.7 Å². The molecule has 0 spiro atoms. The van der Waals surface area contributed by atoms with Crippen LogP contribution in [0.3, 0.4) is 0 Å². The largest absolute Gasteiger partial charge is 0.356 e. The highest BCUT2D eigenvalue weighted by Crippen LogP contribution is 2.48. The van der Waals surface area contributed by atoms with Crippen LogP contribution in [0.25, 0.3) is 0 Å². The number of aromatic nitrogens is 2. The van der Waals surface area contributed by atoms with Crippen LogP contribution in [0.4, 0.5) is 4.39 Å². The quantitative estimate of drug-likeness (QED) is 0.629. The summed E-state index contributed by atoms with van der Waals surface area (Å²) < 4.78 is 15.8. The third-order valence-electron chi connectivity index (χ3n) is 4.58. The number of nitrogens with one attached hydrogen (secondary N) is 2. The van der Waals surface area contributed by atoms with Gasteiger partial charge < -0.3 is 10.6 Å². The second-order valence-electron chi connectivity index (χ2n) is 6.38. The molecule has 2 N–H and O–H groups in total. The number of hydrogen-bond acceptors (Lipinski definition) is 2. The van der Waals surface area contributed by atoms with Crippen LogP contribution in [0, 0.1) is 5.82 Å². The van der Waals surface area contributed by atoms with Gasteiger partial charge >= 0.3 is 0 Å². The van der Waals surface area contributed by atoms with Crippen molar-refractivity contribution in [2.24, 2.45) is 12.0 Å². The van der Waals surface area contributed by atoms with E-state index >= 15 is 0 Å². The fourth-order valence-corrected chi connectivity index (χ4v) is 2.98. The minimum atomic E-state index is -0.115. The molecule has 24 heavy (non-hydrogen) atoms. The lowest BCUT2D eigenvalue weighted by Crippen LogP contribution is -2.42. The van der Waals surface area contributed by atoms with Gasteiger partial charge in [-0.1, -0.05) is 18.2 Å². The summed E-state index contributed by atoms with van der Waals surface area (Å²) in [5, 5.41) is 10.8. The molecule has 1 aliphatic rings. The van der Waals surface area contributed by atoms with Gasteiger partial charge in [-0.25, -0.2) is 4.39 Å². The Kier molecular flexibility index (Phi) is 4.83. The predicted molar refractivity (Wildman–Crippen MR) is 93.6 cm³/mol. The monoisotopic (exact) mass is 329 g/mol. The van der Waals surface area contributed by atoms with Crippen LogP contribution < -0.4 is 10.6 Å². The lowest BCUT2D eigenvalue weighted by atomic mass is 9.95.